The summed E-state index contributed by atoms with van der Waals surface area (Å²) in [4.78, 5) is 24.0. The summed E-state index contributed by atoms with van der Waals surface area (Å²) in [6, 6.07) is 6.58. The fourth-order valence-corrected chi connectivity index (χ4v) is 1.82. The van der Waals surface area contributed by atoms with Crippen LogP contribution in [0.4, 0.5) is 0 Å². The molecule has 0 aliphatic carbocycles. The van der Waals surface area contributed by atoms with Crippen LogP contribution in [0.25, 0.3) is 0 Å². The standard InChI is InChI=1S/C16H22O4/c1-4-8-12(3)20-16(18)14-10-7-6-9-13(14)15(17)19-11-5-2/h6-7,9-10,12H,4-5,8,11H2,1-3H3. The summed E-state index contributed by atoms with van der Waals surface area (Å²) in [7, 11) is 0. The van der Waals surface area contributed by atoms with Crippen LogP contribution in [-0.4, -0.2) is 24.6 Å². The second-order valence-corrected chi connectivity index (χ2v) is 4.69. The van der Waals surface area contributed by atoms with Crippen molar-refractivity contribution in [3.8, 4) is 0 Å². The molecular formula is C16H22O4. The van der Waals surface area contributed by atoms with Gasteiger partial charge < -0.3 is 9.47 Å². The monoisotopic (exact) mass is 278 g/mol. The van der Waals surface area contributed by atoms with E-state index in [4.69, 9.17) is 9.47 Å². The number of hydrogen-bond acceptors (Lipinski definition) is 4. The number of esters is 2. The highest BCUT2D eigenvalue weighted by Gasteiger charge is 2.20. The molecule has 0 fully saturated rings. The van der Waals surface area contributed by atoms with Crippen molar-refractivity contribution in [2.45, 2.75) is 46.1 Å². The van der Waals surface area contributed by atoms with Gasteiger partial charge in [-0.1, -0.05) is 32.4 Å². The Labute approximate surface area is 120 Å². The molecule has 1 aromatic carbocycles. The van der Waals surface area contributed by atoms with Gasteiger partial charge in [-0.05, 0) is 31.9 Å². The summed E-state index contributed by atoms with van der Waals surface area (Å²) < 4.78 is 10.4. The Morgan fingerprint density at radius 3 is 2.20 bits per heavy atom. The molecule has 0 saturated carbocycles. The number of hydrogen-bond donors (Lipinski definition) is 0. The predicted molar refractivity (Wildman–Crippen MR) is 76.8 cm³/mol. The van der Waals surface area contributed by atoms with E-state index in [1.54, 1.807) is 24.3 Å². The van der Waals surface area contributed by atoms with Crippen LogP contribution >= 0.6 is 0 Å². The minimum absolute atomic E-state index is 0.160. The van der Waals surface area contributed by atoms with Crippen molar-refractivity contribution in [2.24, 2.45) is 0 Å². The molecule has 0 bridgehead atoms. The van der Waals surface area contributed by atoms with Gasteiger partial charge in [0.05, 0.1) is 23.8 Å². The summed E-state index contributed by atoms with van der Waals surface area (Å²) in [5.74, 6) is -0.961. The molecule has 4 nitrogen and oxygen atoms in total. The second-order valence-electron chi connectivity index (χ2n) is 4.69. The van der Waals surface area contributed by atoms with Gasteiger partial charge in [0.1, 0.15) is 0 Å². The lowest BCUT2D eigenvalue weighted by atomic mass is 10.1. The Balaban J connectivity index is 2.84. The normalized spacial score (nSPS) is 11.8. The number of carbonyl (C=O) groups is 2. The quantitative estimate of drug-likeness (QED) is 0.715. The zero-order chi connectivity index (χ0) is 15.0. The van der Waals surface area contributed by atoms with Crippen LogP contribution < -0.4 is 0 Å². The fourth-order valence-electron chi connectivity index (χ4n) is 1.82. The summed E-state index contributed by atoms with van der Waals surface area (Å²) >= 11 is 0. The number of carbonyl (C=O) groups excluding carboxylic acids is 2. The Morgan fingerprint density at radius 2 is 1.65 bits per heavy atom. The van der Waals surface area contributed by atoms with Gasteiger partial charge in [-0.15, -0.1) is 0 Å². The van der Waals surface area contributed by atoms with E-state index in [-0.39, 0.29) is 17.2 Å². The first-order valence-corrected chi connectivity index (χ1v) is 7.07. The van der Waals surface area contributed by atoms with Gasteiger partial charge in [-0.2, -0.15) is 0 Å². The van der Waals surface area contributed by atoms with E-state index in [9.17, 15) is 9.59 Å². The molecular weight excluding hydrogens is 256 g/mol. The summed E-state index contributed by atoms with van der Waals surface area (Å²) in [5.41, 5.74) is 0.520. The van der Waals surface area contributed by atoms with Crippen LogP contribution in [-0.2, 0) is 9.47 Å². The van der Waals surface area contributed by atoms with Gasteiger partial charge in [0.15, 0.2) is 0 Å². The zero-order valence-electron chi connectivity index (χ0n) is 12.3. The van der Waals surface area contributed by atoms with Crippen LogP contribution in [0.3, 0.4) is 0 Å². The fraction of sp³-hybridized carbons (Fsp3) is 0.500. The van der Waals surface area contributed by atoms with Crippen molar-refractivity contribution in [2.75, 3.05) is 6.61 Å². The van der Waals surface area contributed by atoms with E-state index in [0.717, 1.165) is 19.3 Å². The number of ether oxygens (including phenoxy) is 2. The molecule has 0 N–H and O–H groups in total. The molecule has 0 spiro atoms. The summed E-state index contributed by atoms with van der Waals surface area (Å²) in [6.07, 6.45) is 2.32. The topological polar surface area (TPSA) is 52.6 Å². The molecule has 1 aromatic rings. The molecule has 0 amide bonds. The van der Waals surface area contributed by atoms with E-state index in [0.29, 0.717) is 6.61 Å². The van der Waals surface area contributed by atoms with Gasteiger partial charge in [0.2, 0.25) is 0 Å². The van der Waals surface area contributed by atoms with Crippen LogP contribution in [0, 0.1) is 0 Å². The van der Waals surface area contributed by atoms with Crippen LogP contribution in [0.15, 0.2) is 24.3 Å². The third kappa shape index (κ3) is 4.68. The highest BCUT2D eigenvalue weighted by Crippen LogP contribution is 2.14. The lowest BCUT2D eigenvalue weighted by Gasteiger charge is -2.14. The molecule has 1 rings (SSSR count). The molecule has 0 aromatic heterocycles. The minimum atomic E-state index is -0.484. The summed E-state index contributed by atoms with van der Waals surface area (Å²) in [5, 5.41) is 0. The van der Waals surface area contributed by atoms with Crippen molar-refractivity contribution >= 4 is 11.9 Å². The largest absolute Gasteiger partial charge is 0.462 e. The van der Waals surface area contributed by atoms with Crippen molar-refractivity contribution < 1.29 is 19.1 Å². The molecule has 0 aliphatic heterocycles. The maximum absolute atomic E-state index is 12.1. The molecule has 0 aliphatic rings. The van der Waals surface area contributed by atoms with E-state index in [1.165, 1.54) is 0 Å². The molecule has 110 valence electrons. The number of benzene rings is 1. The molecule has 0 heterocycles. The molecule has 4 heteroatoms. The highest BCUT2D eigenvalue weighted by atomic mass is 16.5. The van der Waals surface area contributed by atoms with Gasteiger partial charge in [-0.3, -0.25) is 0 Å². The Bertz CT molecular complexity index is 454. The number of rotatable bonds is 7. The van der Waals surface area contributed by atoms with E-state index in [1.807, 2.05) is 20.8 Å². The first-order chi connectivity index (χ1) is 9.60. The average Bonchev–Trinajstić information content (AvgIpc) is 2.44. The maximum atomic E-state index is 12.1. The second kappa shape index (κ2) is 8.35. The average molecular weight is 278 g/mol. The van der Waals surface area contributed by atoms with Crippen LogP contribution in [0.2, 0.25) is 0 Å². The third-order valence-corrected chi connectivity index (χ3v) is 2.81. The van der Waals surface area contributed by atoms with Crippen molar-refractivity contribution in [3.63, 3.8) is 0 Å². The lowest BCUT2D eigenvalue weighted by molar-refractivity contribution is 0.0311. The first kappa shape index (κ1) is 16.2. The highest BCUT2D eigenvalue weighted by molar-refractivity contribution is 6.03. The first-order valence-electron chi connectivity index (χ1n) is 7.07. The van der Waals surface area contributed by atoms with Crippen LogP contribution in [0.1, 0.15) is 60.7 Å². The van der Waals surface area contributed by atoms with E-state index in [2.05, 4.69) is 0 Å². The molecule has 20 heavy (non-hydrogen) atoms. The lowest BCUT2D eigenvalue weighted by Crippen LogP contribution is -2.18. The minimum Gasteiger partial charge on any atom is -0.462 e. The van der Waals surface area contributed by atoms with Gasteiger partial charge in [-0.25, -0.2) is 9.59 Å². The summed E-state index contributed by atoms with van der Waals surface area (Å²) in [6.45, 7) is 6.13. The van der Waals surface area contributed by atoms with Crippen molar-refractivity contribution in [1.82, 2.24) is 0 Å². The van der Waals surface area contributed by atoms with E-state index < -0.39 is 11.9 Å². The third-order valence-electron chi connectivity index (χ3n) is 2.81. The predicted octanol–water partition coefficient (Wildman–Crippen LogP) is 3.60. The maximum Gasteiger partial charge on any atom is 0.339 e. The van der Waals surface area contributed by atoms with Gasteiger partial charge in [0.25, 0.3) is 0 Å². The molecule has 1 unspecified atom stereocenters. The molecule has 0 saturated heterocycles. The zero-order valence-corrected chi connectivity index (χ0v) is 12.3. The van der Waals surface area contributed by atoms with Crippen molar-refractivity contribution in [3.05, 3.63) is 35.4 Å². The smallest absolute Gasteiger partial charge is 0.339 e. The van der Waals surface area contributed by atoms with Gasteiger partial charge >= 0.3 is 11.9 Å². The van der Waals surface area contributed by atoms with E-state index >= 15 is 0 Å². The SMILES string of the molecule is CCCOC(=O)c1ccccc1C(=O)OC(C)CCC. The Hall–Kier alpha value is -1.84. The Kier molecular flexibility index (Phi) is 6.77. The Morgan fingerprint density at radius 1 is 1.05 bits per heavy atom. The molecule has 0 radical (unpaired) electrons. The molecule has 1 atom stereocenters. The van der Waals surface area contributed by atoms with Gasteiger partial charge in [0, 0.05) is 0 Å². The van der Waals surface area contributed by atoms with Crippen molar-refractivity contribution in [1.29, 1.82) is 0 Å². The van der Waals surface area contributed by atoms with Crippen LogP contribution in [0.5, 0.6) is 0 Å².